The van der Waals surface area contributed by atoms with Gasteiger partial charge in [-0.1, -0.05) is 0 Å². The van der Waals surface area contributed by atoms with Crippen molar-refractivity contribution in [2.45, 2.75) is 25.8 Å². The summed E-state index contributed by atoms with van der Waals surface area (Å²) < 4.78 is 0. The highest BCUT2D eigenvalue weighted by Crippen LogP contribution is 2.07. The van der Waals surface area contributed by atoms with E-state index in [-0.39, 0.29) is 17.9 Å². The van der Waals surface area contributed by atoms with Crippen LogP contribution in [0, 0.1) is 0 Å². The Morgan fingerprint density at radius 2 is 2.27 bits per heavy atom. The van der Waals surface area contributed by atoms with Crippen molar-refractivity contribution in [2.24, 2.45) is 0 Å². The van der Waals surface area contributed by atoms with E-state index in [9.17, 15) is 9.59 Å². The molecule has 0 aromatic rings. The Bertz CT molecular complexity index is 243. The van der Waals surface area contributed by atoms with Crippen molar-refractivity contribution in [1.29, 1.82) is 0 Å². The van der Waals surface area contributed by atoms with Gasteiger partial charge in [0, 0.05) is 19.5 Å². The molecule has 1 rings (SSSR count). The molecule has 1 aliphatic rings. The summed E-state index contributed by atoms with van der Waals surface area (Å²) in [5, 5.41) is 5.75. The average Bonchev–Trinajstić information content (AvgIpc) is 2.32. The molecule has 2 N–H and O–H groups in total. The van der Waals surface area contributed by atoms with Gasteiger partial charge in [0.25, 0.3) is 0 Å². The Morgan fingerprint density at radius 1 is 1.53 bits per heavy atom. The SMILES string of the molecule is CNCCCN1C(=O)CCNC(=O)C1C. The molecule has 86 valence electrons. The number of carbonyl (C=O) groups excluding carboxylic acids is 2. The van der Waals surface area contributed by atoms with Crippen molar-refractivity contribution < 1.29 is 9.59 Å². The Hall–Kier alpha value is -1.10. The quantitative estimate of drug-likeness (QED) is 0.609. The molecule has 1 unspecified atom stereocenters. The van der Waals surface area contributed by atoms with Gasteiger partial charge in [-0.3, -0.25) is 9.59 Å². The summed E-state index contributed by atoms with van der Waals surface area (Å²) in [6.07, 6.45) is 1.29. The summed E-state index contributed by atoms with van der Waals surface area (Å²) in [6, 6.07) is -0.336. The maximum absolute atomic E-state index is 11.7. The maximum Gasteiger partial charge on any atom is 0.242 e. The van der Waals surface area contributed by atoms with E-state index in [0.717, 1.165) is 13.0 Å². The molecule has 1 aliphatic heterocycles. The lowest BCUT2D eigenvalue weighted by Gasteiger charge is -2.25. The molecular formula is C10H19N3O2. The van der Waals surface area contributed by atoms with Gasteiger partial charge in [-0.05, 0) is 26.9 Å². The van der Waals surface area contributed by atoms with E-state index in [0.29, 0.717) is 19.5 Å². The van der Waals surface area contributed by atoms with Crippen LogP contribution in [0.15, 0.2) is 0 Å². The number of amides is 2. The van der Waals surface area contributed by atoms with E-state index in [1.54, 1.807) is 11.8 Å². The van der Waals surface area contributed by atoms with Crippen molar-refractivity contribution in [3.05, 3.63) is 0 Å². The highest BCUT2D eigenvalue weighted by atomic mass is 16.2. The van der Waals surface area contributed by atoms with Gasteiger partial charge in [0.05, 0.1) is 0 Å². The molecule has 5 heteroatoms. The first-order valence-corrected chi connectivity index (χ1v) is 5.38. The lowest BCUT2D eigenvalue weighted by molar-refractivity contribution is -0.137. The minimum Gasteiger partial charge on any atom is -0.354 e. The first-order chi connectivity index (χ1) is 7.16. The second-order valence-electron chi connectivity index (χ2n) is 3.76. The lowest BCUT2D eigenvalue weighted by Crippen LogP contribution is -2.45. The minimum absolute atomic E-state index is 0.0506. The van der Waals surface area contributed by atoms with Crippen LogP contribution in [0.2, 0.25) is 0 Å². The molecule has 1 fully saturated rings. The van der Waals surface area contributed by atoms with Gasteiger partial charge in [-0.25, -0.2) is 0 Å². The second kappa shape index (κ2) is 5.70. The smallest absolute Gasteiger partial charge is 0.242 e. The molecule has 5 nitrogen and oxygen atoms in total. The molecule has 2 amide bonds. The third kappa shape index (κ3) is 3.20. The van der Waals surface area contributed by atoms with Crippen molar-refractivity contribution in [2.75, 3.05) is 26.7 Å². The Labute approximate surface area is 90.2 Å². The fraction of sp³-hybridized carbons (Fsp3) is 0.800. The van der Waals surface area contributed by atoms with E-state index in [2.05, 4.69) is 10.6 Å². The Kier molecular flexibility index (Phi) is 4.55. The van der Waals surface area contributed by atoms with Gasteiger partial charge >= 0.3 is 0 Å². The van der Waals surface area contributed by atoms with Crippen molar-refractivity contribution in [1.82, 2.24) is 15.5 Å². The largest absolute Gasteiger partial charge is 0.354 e. The van der Waals surface area contributed by atoms with E-state index in [1.165, 1.54) is 0 Å². The fourth-order valence-electron chi connectivity index (χ4n) is 1.69. The highest BCUT2D eigenvalue weighted by Gasteiger charge is 2.27. The van der Waals surface area contributed by atoms with Crippen LogP contribution in [0.3, 0.4) is 0 Å². The standard InChI is InChI=1S/C10H19N3O2/c1-8-10(15)12-6-4-9(14)13(8)7-3-5-11-2/h8,11H,3-7H2,1-2H3,(H,12,15). The third-order valence-corrected chi connectivity index (χ3v) is 2.63. The number of nitrogens with zero attached hydrogens (tertiary/aromatic N) is 1. The number of hydrogen-bond acceptors (Lipinski definition) is 3. The van der Waals surface area contributed by atoms with E-state index in [4.69, 9.17) is 0 Å². The first-order valence-electron chi connectivity index (χ1n) is 5.38. The predicted molar refractivity (Wildman–Crippen MR) is 57.3 cm³/mol. The van der Waals surface area contributed by atoms with Crippen LogP contribution in [-0.2, 0) is 9.59 Å². The Balaban J connectivity index is 2.55. The van der Waals surface area contributed by atoms with Gasteiger partial charge in [-0.2, -0.15) is 0 Å². The number of rotatable bonds is 4. The van der Waals surface area contributed by atoms with E-state index >= 15 is 0 Å². The van der Waals surface area contributed by atoms with Crippen LogP contribution in [0.4, 0.5) is 0 Å². The Morgan fingerprint density at radius 3 is 2.93 bits per heavy atom. The zero-order chi connectivity index (χ0) is 11.3. The molecule has 1 atom stereocenters. The molecule has 0 aliphatic carbocycles. The van der Waals surface area contributed by atoms with Gasteiger partial charge in [0.1, 0.15) is 6.04 Å². The third-order valence-electron chi connectivity index (χ3n) is 2.63. The summed E-state index contributed by atoms with van der Waals surface area (Å²) >= 11 is 0. The molecule has 0 aromatic carbocycles. The first kappa shape index (κ1) is 12.0. The molecule has 0 saturated carbocycles. The molecule has 1 heterocycles. The summed E-state index contributed by atoms with van der Waals surface area (Å²) in [5.74, 6) is 0.0160. The van der Waals surface area contributed by atoms with Gasteiger partial charge in [0.15, 0.2) is 0 Å². The zero-order valence-electron chi connectivity index (χ0n) is 9.38. The van der Waals surface area contributed by atoms with Crippen molar-refractivity contribution >= 4 is 11.8 Å². The molecular weight excluding hydrogens is 194 g/mol. The zero-order valence-corrected chi connectivity index (χ0v) is 9.38. The van der Waals surface area contributed by atoms with Crippen LogP contribution >= 0.6 is 0 Å². The van der Waals surface area contributed by atoms with E-state index in [1.807, 2.05) is 7.05 Å². The highest BCUT2D eigenvalue weighted by molar-refractivity contribution is 5.89. The fourth-order valence-corrected chi connectivity index (χ4v) is 1.69. The average molecular weight is 213 g/mol. The molecule has 0 aromatic heterocycles. The van der Waals surface area contributed by atoms with Crippen LogP contribution in [0.1, 0.15) is 19.8 Å². The number of carbonyl (C=O) groups is 2. The molecule has 1 saturated heterocycles. The summed E-state index contributed by atoms with van der Waals surface area (Å²) in [7, 11) is 1.88. The molecule has 0 spiro atoms. The molecule has 15 heavy (non-hydrogen) atoms. The van der Waals surface area contributed by atoms with Crippen molar-refractivity contribution in [3.8, 4) is 0 Å². The molecule has 0 bridgehead atoms. The summed E-state index contributed by atoms with van der Waals surface area (Å²) in [6.45, 7) is 3.74. The minimum atomic E-state index is -0.336. The summed E-state index contributed by atoms with van der Waals surface area (Å²) in [5.41, 5.74) is 0. The number of nitrogens with one attached hydrogen (secondary N) is 2. The lowest BCUT2D eigenvalue weighted by atomic mass is 10.2. The van der Waals surface area contributed by atoms with Crippen LogP contribution < -0.4 is 10.6 Å². The van der Waals surface area contributed by atoms with Gasteiger partial charge < -0.3 is 15.5 Å². The van der Waals surface area contributed by atoms with Crippen molar-refractivity contribution in [3.63, 3.8) is 0 Å². The van der Waals surface area contributed by atoms with Gasteiger partial charge in [0.2, 0.25) is 11.8 Å². The van der Waals surface area contributed by atoms with Gasteiger partial charge in [-0.15, -0.1) is 0 Å². The predicted octanol–water partition coefficient (Wildman–Crippen LogP) is -0.667. The van der Waals surface area contributed by atoms with E-state index < -0.39 is 0 Å². The van der Waals surface area contributed by atoms with Crippen LogP contribution in [-0.4, -0.2) is 49.4 Å². The summed E-state index contributed by atoms with van der Waals surface area (Å²) in [4.78, 5) is 24.8. The normalized spacial score (nSPS) is 22.5. The topological polar surface area (TPSA) is 61.4 Å². The monoisotopic (exact) mass is 213 g/mol. The van der Waals surface area contributed by atoms with Crippen LogP contribution in [0.25, 0.3) is 0 Å². The second-order valence-corrected chi connectivity index (χ2v) is 3.76. The van der Waals surface area contributed by atoms with Crippen LogP contribution in [0.5, 0.6) is 0 Å². The maximum atomic E-state index is 11.7. The molecule has 0 radical (unpaired) electrons. The number of hydrogen-bond donors (Lipinski definition) is 2.